The first kappa shape index (κ1) is 23.2. The summed E-state index contributed by atoms with van der Waals surface area (Å²) in [7, 11) is 0. The highest BCUT2D eigenvalue weighted by Gasteiger charge is 2.37. The molecule has 0 unspecified atom stereocenters. The summed E-state index contributed by atoms with van der Waals surface area (Å²) in [4.78, 5) is 24.7. The summed E-state index contributed by atoms with van der Waals surface area (Å²) in [5.74, 6) is -1.61. The maximum atomic E-state index is 13.0. The molecule has 0 fully saturated rings. The number of nitrogens with one attached hydrogen (secondary N) is 2. The minimum atomic E-state index is -5.08. The Labute approximate surface area is 168 Å². The fourth-order valence-electron chi connectivity index (χ4n) is 2.46. The van der Waals surface area contributed by atoms with Crippen molar-refractivity contribution in [2.45, 2.75) is 26.2 Å². The van der Waals surface area contributed by atoms with Crippen LogP contribution in [0.4, 0.5) is 32.0 Å². The fraction of sp³-hybridized carbons (Fsp3) is 0.300. The molecule has 2 rings (SSSR count). The van der Waals surface area contributed by atoms with Crippen molar-refractivity contribution >= 4 is 17.5 Å². The number of para-hydroxylation sites is 1. The minimum Gasteiger partial charge on any atom is -0.352 e. The zero-order valence-electron chi connectivity index (χ0n) is 15.9. The molecule has 30 heavy (non-hydrogen) atoms. The van der Waals surface area contributed by atoms with E-state index < -0.39 is 40.9 Å². The van der Waals surface area contributed by atoms with Gasteiger partial charge in [-0.3, -0.25) is 9.59 Å². The number of hydrogen-bond donors (Lipinski definition) is 2. The molecule has 2 amide bonds. The van der Waals surface area contributed by atoms with Crippen molar-refractivity contribution in [2.24, 2.45) is 5.92 Å². The number of halogens is 6. The minimum absolute atomic E-state index is 0.0227. The Balaban J connectivity index is 2.38. The topological polar surface area (TPSA) is 58.2 Å². The van der Waals surface area contributed by atoms with E-state index in [4.69, 9.17) is 0 Å². The number of alkyl halides is 6. The van der Waals surface area contributed by atoms with Crippen LogP contribution in [0.3, 0.4) is 0 Å². The van der Waals surface area contributed by atoms with E-state index in [1.54, 1.807) is 0 Å². The number of amides is 2. The molecular formula is C20H18F6N2O2. The average molecular weight is 432 g/mol. The molecule has 4 nitrogen and oxygen atoms in total. The Morgan fingerprint density at radius 2 is 1.40 bits per heavy atom. The monoisotopic (exact) mass is 432 g/mol. The van der Waals surface area contributed by atoms with Gasteiger partial charge >= 0.3 is 12.4 Å². The Bertz CT molecular complexity index is 903. The summed E-state index contributed by atoms with van der Waals surface area (Å²) >= 11 is 0. The van der Waals surface area contributed by atoms with Crippen molar-refractivity contribution in [3.05, 3.63) is 64.7 Å². The molecule has 0 spiro atoms. The van der Waals surface area contributed by atoms with Crippen LogP contribution in [0, 0.1) is 5.92 Å². The van der Waals surface area contributed by atoms with Gasteiger partial charge in [0.1, 0.15) is 0 Å². The van der Waals surface area contributed by atoms with Gasteiger partial charge in [-0.05, 0) is 36.2 Å². The van der Waals surface area contributed by atoms with E-state index in [-0.39, 0.29) is 23.2 Å². The van der Waals surface area contributed by atoms with Gasteiger partial charge in [-0.2, -0.15) is 26.3 Å². The van der Waals surface area contributed by atoms with Crippen molar-refractivity contribution in [2.75, 3.05) is 11.9 Å². The predicted octanol–water partition coefficient (Wildman–Crippen LogP) is 5.36. The van der Waals surface area contributed by atoms with Crippen LogP contribution in [0.25, 0.3) is 0 Å². The highest BCUT2D eigenvalue weighted by molar-refractivity contribution is 6.09. The predicted molar refractivity (Wildman–Crippen MR) is 98.0 cm³/mol. The van der Waals surface area contributed by atoms with E-state index >= 15 is 0 Å². The number of anilines is 1. The molecule has 0 saturated carbocycles. The summed E-state index contributed by atoms with van der Waals surface area (Å²) < 4.78 is 78.0. The third kappa shape index (κ3) is 5.98. The SMILES string of the molecule is CC(C)CNC(=O)c1ccccc1NC(=O)c1cc(C(F)(F)F)cc(C(F)(F)F)c1. The van der Waals surface area contributed by atoms with Crippen LogP contribution in [0.5, 0.6) is 0 Å². The van der Waals surface area contributed by atoms with E-state index in [0.717, 1.165) is 0 Å². The van der Waals surface area contributed by atoms with E-state index in [1.807, 2.05) is 13.8 Å². The van der Waals surface area contributed by atoms with Crippen LogP contribution in [-0.2, 0) is 12.4 Å². The van der Waals surface area contributed by atoms with Crippen LogP contribution >= 0.6 is 0 Å². The zero-order chi connectivity index (χ0) is 22.7. The maximum absolute atomic E-state index is 13.0. The molecular weight excluding hydrogens is 414 g/mol. The fourth-order valence-corrected chi connectivity index (χ4v) is 2.46. The molecule has 10 heteroatoms. The Morgan fingerprint density at radius 1 is 0.867 bits per heavy atom. The van der Waals surface area contributed by atoms with Crippen LogP contribution in [0.2, 0.25) is 0 Å². The average Bonchev–Trinajstić information content (AvgIpc) is 2.64. The first-order chi connectivity index (χ1) is 13.8. The van der Waals surface area contributed by atoms with Gasteiger partial charge in [0.2, 0.25) is 0 Å². The van der Waals surface area contributed by atoms with Crippen molar-refractivity contribution in [1.29, 1.82) is 0 Å². The van der Waals surface area contributed by atoms with Gasteiger partial charge in [0.25, 0.3) is 11.8 Å². The molecule has 2 N–H and O–H groups in total. The van der Waals surface area contributed by atoms with Crippen molar-refractivity contribution < 1.29 is 35.9 Å². The van der Waals surface area contributed by atoms with E-state index in [0.29, 0.717) is 18.7 Å². The van der Waals surface area contributed by atoms with Crippen molar-refractivity contribution in [1.82, 2.24) is 5.32 Å². The number of carbonyl (C=O) groups excluding carboxylic acids is 2. The second-order valence-corrected chi connectivity index (χ2v) is 6.90. The van der Waals surface area contributed by atoms with E-state index in [2.05, 4.69) is 10.6 Å². The molecule has 0 aliphatic rings. The first-order valence-corrected chi connectivity index (χ1v) is 8.77. The number of carbonyl (C=O) groups is 2. The zero-order valence-corrected chi connectivity index (χ0v) is 15.9. The van der Waals surface area contributed by atoms with Crippen molar-refractivity contribution in [3.8, 4) is 0 Å². The number of hydrogen-bond acceptors (Lipinski definition) is 2. The molecule has 0 bridgehead atoms. The second kappa shape index (κ2) is 8.76. The van der Waals surface area contributed by atoms with E-state index in [9.17, 15) is 35.9 Å². The molecule has 0 atom stereocenters. The van der Waals surface area contributed by atoms with Gasteiger partial charge in [-0.1, -0.05) is 26.0 Å². The van der Waals surface area contributed by atoms with Gasteiger partial charge in [0.15, 0.2) is 0 Å². The number of benzene rings is 2. The quantitative estimate of drug-likeness (QED) is 0.625. The Morgan fingerprint density at radius 3 is 1.90 bits per heavy atom. The third-order valence-corrected chi connectivity index (χ3v) is 3.94. The van der Waals surface area contributed by atoms with Gasteiger partial charge in [0, 0.05) is 12.1 Å². The summed E-state index contributed by atoms with van der Waals surface area (Å²) in [6.45, 7) is 4.06. The highest BCUT2D eigenvalue weighted by atomic mass is 19.4. The normalized spacial score (nSPS) is 12.0. The van der Waals surface area contributed by atoms with Gasteiger partial charge in [-0.25, -0.2) is 0 Å². The van der Waals surface area contributed by atoms with Crippen LogP contribution in [0.1, 0.15) is 45.7 Å². The van der Waals surface area contributed by atoms with Crippen LogP contribution < -0.4 is 10.6 Å². The van der Waals surface area contributed by atoms with Crippen LogP contribution in [-0.4, -0.2) is 18.4 Å². The summed E-state index contributed by atoms with van der Waals surface area (Å²) in [6, 6.07) is 6.25. The molecule has 0 radical (unpaired) electrons. The van der Waals surface area contributed by atoms with Gasteiger partial charge < -0.3 is 10.6 Å². The Hall–Kier alpha value is -3.04. The van der Waals surface area contributed by atoms with Gasteiger partial charge in [0.05, 0.1) is 22.4 Å². The molecule has 0 aliphatic heterocycles. The van der Waals surface area contributed by atoms with Crippen LogP contribution in [0.15, 0.2) is 42.5 Å². The number of rotatable bonds is 5. The van der Waals surface area contributed by atoms with E-state index in [1.165, 1.54) is 24.3 Å². The lowest BCUT2D eigenvalue weighted by Crippen LogP contribution is -2.28. The summed E-state index contributed by atoms with van der Waals surface area (Å²) in [5.41, 5.74) is -4.07. The Kier molecular flexibility index (Phi) is 6.79. The lowest BCUT2D eigenvalue weighted by Gasteiger charge is -2.15. The molecule has 2 aromatic carbocycles. The first-order valence-electron chi connectivity index (χ1n) is 8.77. The smallest absolute Gasteiger partial charge is 0.352 e. The molecule has 0 aliphatic carbocycles. The lowest BCUT2D eigenvalue weighted by molar-refractivity contribution is -0.143. The van der Waals surface area contributed by atoms with Gasteiger partial charge in [-0.15, -0.1) is 0 Å². The van der Waals surface area contributed by atoms with Crippen molar-refractivity contribution in [3.63, 3.8) is 0 Å². The maximum Gasteiger partial charge on any atom is 0.416 e. The second-order valence-electron chi connectivity index (χ2n) is 6.90. The lowest BCUT2D eigenvalue weighted by atomic mass is 10.0. The standard InChI is InChI=1S/C20H18F6N2O2/c1-11(2)10-27-18(30)15-5-3-4-6-16(15)28-17(29)12-7-13(19(21,22)23)9-14(8-12)20(24,25)26/h3-9,11H,10H2,1-2H3,(H,27,30)(H,28,29). The third-order valence-electron chi connectivity index (χ3n) is 3.94. The molecule has 0 heterocycles. The summed E-state index contributed by atoms with van der Waals surface area (Å²) in [5, 5.41) is 4.84. The molecule has 0 saturated heterocycles. The molecule has 0 aromatic heterocycles. The molecule has 2 aromatic rings. The molecule has 162 valence electrons. The largest absolute Gasteiger partial charge is 0.416 e. The highest BCUT2D eigenvalue weighted by Crippen LogP contribution is 2.36. The summed E-state index contributed by atoms with van der Waals surface area (Å²) in [6.07, 6.45) is -10.2.